The Morgan fingerprint density at radius 1 is 1.62 bits per heavy atom. The molecule has 6 heteroatoms. The van der Waals surface area contributed by atoms with E-state index in [-0.39, 0.29) is 29.5 Å². The number of carbonyl (C=O) groups excluding carboxylic acids is 2. The summed E-state index contributed by atoms with van der Waals surface area (Å²) in [4.78, 5) is 28.8. The van der Waals surface area contributed by atoms with Gasteiger partial charge in [-0.05, 0) is 13.8 Å². The van der Waals surface area contributed by atoms with E-state index in [1.54, 1.807) is 14.1 Å². The molecule has 1 fully saturated rings. The van der Waals surface area contributed by atoms with Gasteiger partial charge in [0.05, 0.1) is 0 Å². The van der Waals surface area contributed by atoms with Gasteiger partial charge in [0, 0.05) is 26.6 Å². The molecule has 90 valence electrons. The van der Waals surface area contributed by atoms with E-state index in [1.165, 1.54) is 16.7 Å². The number of nitrogens with one attached hydrogen (secondary N) is 1. The fourth-order valence-corrected chi connectivity index (χ4v) is 2.55. The molecule has 2 amide bonds. The summed E-state index contributed by atoms with van der Waals surface area (Å²) >= 11 is 1.35. The van der Waals surface area contributed by atoms with Gasteiger partial charge in [0.15, 0.2) is 5.17 Å². The Hall–Kier alpha value is -1.04. The highest BCUT2D eigenvalue weighted by Crippen LogP contribution is 2.27. The summed E-state index contributed by atoms with van der Waals surface area (Å²) in [6.45, 7) is 3.79. The molecule has 1 atom stereocenters. The van der Waals surface area contributed by atoms with Crippen LogP contribution in [0.5, 0.6) is 0 Å². The number of hydrogen-bond acceptors (Lipinski definition) is 4. The van der Waals surface area contributed by atoms with E-state index in [9.17, 15) is 9.59 Å². The molecule has 1 heterocycles. The van der Waals surface area contributed by atoms with E-state index in [2.05, 4.69) is 10.3 Å². The fourth-order valence-electron chi connectivity index (χ4n) is 1.45. The van der Waals surface area contributed by atoms with E-state index < -0.39 is 0 Å². The minimum absolute atomic E-state index is 0.0514. The first-order valence-electron chi connectivity index (χ1n) is 5.16. The third kappa shape index (κ3) is 2.98. The van der Waals surface area contributed by atoms with E-state index >= 15 is 0 Å². The number of carbonyl (C=O) groups is 2. The van der Waals surface area contributed by atoms with Crippen molar-refractivity contribution in [1.29, 1.82) is 0 Å². The molecule has 0 radical (unpaired) electrons. The van der Waals surface area contributed by atoms with Gasteiger partial charge < -0.3 is 5.32 Å². The van der Waals surface area contributed by atoms with Crippen molar-refractivity contribution in [2.75, 3.05) is 14.1 Å². The van der Waals surface area contributed by atoms with Gasteiger partial charge in [0.25, 0.3) is 0 Å². The number of thioether (sulfide) groups is 1. The molecular formula is C10H17N3O2S. The molecule has 1 aliphatic heterocycles. The van der Waals surface area contributed by atoms with Gasteiger partial charge in [0.2, 0.25) is 11.8 Å². The van der Waals surface area contributed by atoms with E-state index in [0.29, 0.717) is 5.17 Å². The summed E-state index contributed by atoms with van der Waals surface area (Å²) in [5, 5.41) is 3.12. The molecule has 0 spiro atoms. The van der Waals surface area contributed by atoms with Crippen molar-refractivity contribution >= 4 is 28.7 Å². The zero-order chi connectivity index (χ0) is 12.3. The lowest BCUT2D eigenvalue weighted by molar-refractivity contribution is -0.128. The van der Waals surface area contributed by atoms with Crippen LogP contribution in [0.4, 0.5) is 0 Å². The van der Waals surface area contributed by atoms with Gasteiger partial charge in [-0.1, -0.05) is 11.8 Å². The lowest BCUT2D eigenvalue weighted by Gasteiger charge is -2.10. The molecule has 1 unspecified atom stereocenters. The second kappa shape index (κ2) is 5.34. The molecule has 1 saturated heterocycles. The minimum atomic E-state index is -0.331. The largest absolute Gasteiger partial charge is 0.354 e. The van der Waals surface area contributed by atoms with Crippen LogP contribution in [0.25, 0.3) is 0 Å². The molecule has 0 aromatic carbocycles. The molecule has 5 nitrogen and oxygen atoms in total. The summed E-state index contributed by atoms with van der Waals surface area (Å²) < 4.78 is 0. The van der Waals surface area contributed by atoms with Crippen LogP contribution in [0.3, 0.4) is 0 Å². The average Bonchev–Trinajstić information content (AvgIpc) is 2.44. The number of nitrogens with zero attached hydrogens (tertiary/aromatic N) is 2. The van der Waals surface area contributed by atoms with E-state index in [4.69, 9.17) is 0 Å². The van der Waals surface area contributed by atoms with Gasteiger partial charge in [-0.25, -0.2) is 0 Å². The topological polar surface area (TPSA) is 61.8 Å². The van der Waals surface area contributed by atoms with Crippen molar-refractivity contribution < 1.29 is 9.59 Å². The Morgan fingerprint density at radius 3 is 2.69 bits per heavy atom. The Kier molecular flexibility index (Phi) is 4.35. The maximum atomic E-state index is 11.7. The van der Waals surface area contributed by atoms with Crippen LogP contribution < -0.4 is 5.32 Å². The molecule has 1 rings (SSSR count). The zero-order valence-electron chi connectivity index (χ0n) is 9.98. The lowest BCUT2D eigenvalue weighted by atomic mass is 10.2. The van der Waals surface area contributed by atoms with Crippen molar-refractivity contribution in [2.45, 2.75) is 31.6 Å². The quantitative estimate of drug-likeness (QED) is 0.783. The zero-order valence-corrected chi connectivity index (χ0v) is 10.8. The maximum absolute atomic E-state index is 11.7. The summed E-state index contributed by atoms with van der Waals surface area (Å²) in [5.41, 5.74) is 0. The molecule has 1 N–H and O–H groups in total. The molecule has 0 aromatic rings. The molecule has 0 aliphatic carbocycles. The van der Waals surface area contributed by atoms with Crippen molar-refractivity contribution in [3.63, 3.8) is 0 Å². The summed E-state index contributed by atoms with van der Waals surface area (Å²) in [7, 11) is 3.32. The van der Waals surface area contributed by atoms with Crippen molar-refractivity contribution in [2.24, 2.45) is 4.99 Å². The number of amides is 2. The van der Waals surface area contributed by atoms with Gasteiger partial charge in [-0.2, -0.15) is 0 Å². The lowest BCUT2D eigenvalue weighted by Crippen LogP contribution is -2.35. The van der Waals surface area contributed by atoms with E-state index in [0.717, 1.165) is 0 Å². The molecule has 0 bridgehead atoms. The number of aliphatic imine (C=N–C) groups is 1. The Morgan fingerprint density at radius 2 is 2.25 bits per heavy atom. The van der Waals surface area contributed by atoms with Gasteiger partial charge >= 0.3 is 0 Å². The average molecular weight is 243 g/mol. The highest BCUT2D eigenvalue weighted by Gasteiger charge is 2.36. The minimum Gasteiger partial charge on any atom is -0.354 e. The normalized spacial score (nSPS) is 23.3. The van der Waals surface area contributed by atoms with Crippen molar-refractivity contribution in [1.82, 2.24) is 10.2 Å². The Labute approximate surface area is 99.7 Å². The fraction of sp³-hybridized carbons (Fsp3) is 0.700. The highest BCUT2D eigenvalue weighted by molar-refractivity contribution is 8.15. The van der Waals surface area contributed by atoms with Gasteiger partial charge in [-0.15, -0.1) is 0 Å². The number of amidine groups is 1. The standard InChI is InChI=1S/C10H17N3O2S/c1-6(2)12-8(14)5-7-9(15)13(4)10(11-3)16-7/h6-7H,5H2,1-4H3,(H,12,14). The van der Waals surface area contributed by atoms with Crippen LogP contribution in [0.2, 0.25) is 0 Å². The molecular weight excluding hydrogens is 226 g/mol. The van der Waals surface area contributed by atoms with Crippen LogP contribution in [-0.2, 0) is 9.59 Å². The SMILES string of the molecule is CN=C1SC(CC(=O)NC(C)C)C(=O)N1C. The van der Waals surface area contributed by atoms with Crippen LogP contribution >= 0.6 is 11.8 Å². The summed E-state index contributed by atoms with van der Waals surface area (Å²) in [5.74, 6) is -0.142. The summed E-state index contributed by atoms with van der Waals surface area (Å²) in [6.07, 6.45) is 0.213. The van der Waals surface area contributed by atoms with Crippen LogP contribution in [0.1, 0.15) is 20.3 Å². The van der Waals surface area contributed by atoms with Crippen molar-refractivity contribution in [3.05, 3.63) is 0 Å². The Balaban J connectivity index is 2.57. The number of rotatable bonds is 3. The Bertz CT molecular complexity index is 328. The number of hydrogen-bond donors (Lipinski definition) is 1. The first-order chi connectivity index (χ1) is 7.45. The van der Waals surface area contributed by atoms with Crippen LogP contribution in [0.15, 0.2) is 4.99 Å². The second-order valence-electron chi connectivity index (χ2n) is 3.94. The van der Waals surface area contributed by atoms with Gasteiger partial charge in [0.1, 0.15) is 5.25 Å². The third-order valence-corrected chi connectivity index (χ3v) is 3.47. The predicted molar refractivity (Wildman–Crippen MR) is 65.4 cm³/mol. The molecule has 0 aromatic heterocycles. The van der Waals surface area contributed by atoms with Crippen LogP contribution in [0, 0.1) is 0 Å². The smallest absolute Gasteiger partial charge is 0.242 e. The van der Waals surface area contributed by atoms with Gasteiger partial charge in [-0.3, -0.25) is 19.5 Å². The molecule has 0 saturated carbocycles. The first-order valence-corrected chi connectivity index (χ1v) is 6.04. The monoisotopic (exact) mass is 243 g/mol. The maximum Gasteiger partial charge on any atom is 0.242 e. The third-order valence-electron chi connectivity index (χ3n) is 2.15. The van der Waals surface area contributed by atoms with E-state index in [1.807, 2.05) is 13.8 Å². The first kappa shape index (κ1) is 13.0. The highest BCUT2D eigenvalue weighted by atomic mass is 32.2. The van der Waals surface area contributed by atoms with Crippen LogP contribution in [-0.4, -0.2) is 47.3 Å². The molecule has 16 heavy (non-hydrogen) atoms. The summed E-state index contributed by atoms with van der Waals surface area (Å²) in [6, 6.07) is 0.103. The predicted octanol–water partition coefficient (Wildman–Crippen LogP) is 0.461. The molecule has 1 aliphatic rings. The second-order valence-corrected chi connectivity index (χ2v) is 5.11. The van der Waals surface area contributed by atoms with Crippen molar-refractivity contribution in [3.8, 4) is 0 Å².